The van der Waals surface area contributed by atoms with E-state index in [4.69, 9.17) is 4.74 Å². The van der Waals surface area contributed by atoms with Crippen molar-refractivity contribution in [2.24, 2.45) is 0 Å². The molecule has 1 atom stereocenters. The maximum atomic E-state index is 12.3. The van der Waals surface area contributed by atoms with Crippen LogP contribution in [-0.2, 0) is 22.6 Å². The van der Waals surface area contributed by atoms with Gasteiger partial charge in [0.25, 0.3) is 0 Å². The molecule has 24 heavy (non-hydrogen) atoms. The van der Waals surface area contributed by atoms with E-state index in [1.807, 2.05) is 10.7 Å². The Kier molecular flexibility index (Phi) is 5.55. The third-order valence-electron chi connectivity index (χ3n) is 3.87. The van der Waals surface area contributed by atoms with Gasteiger partial charge in [0, 0.05) is 25.7 Å². The van der Waals surface area contributed by atoms with Crippen LogP contribution in [0.1, 0.15) is 13.3 Å². The van der Waals surface area contributed by atoms with Crippen molar-refractivity contribution in [3.05, 3.63) is 24.9 Å². The van der Waals surface area contributed by atoms with E-state index in [0.29, 0.717) is 26.2 Å². The number of rotatable bonds is 7. The van der Waals surface area contributed by atoms with Gasteiger partial charge in [-0.3, -0.25) is 14.4 Å². The van der Waals surface area contributed by atoms with E-state index in [1.54, 1.807) is 17.2 Å². The van der Waals surface area contributed by atoms with E-state index in [1.165, 1.54) is 6.33 Å². The number of anilines is 1. The number of nitrogens with one attached hydrogen (secondary N) is 1. The summed E-state index contributed by atoms with van der Waals surface area (Å²) in [5, 5.41) is 11.2. The molecule has 9 nitrogen and oxygen atoms in total. The number of aromatic nitrogens is 5. The van der Waals surface area contributed by atoms with Gasteiger partial charge in [-0.15, -0.1) is 0 Å². The number of carbonyl (C=O) groups excluding carboxylic acids is 1. The minimum atomic E-state index is -0.0331. The average Bonchev–Trinajstić information content (AvgIpc) is 3.21. The van der Waals surface area contributed by atoms with Crippen LogP contribution in [0.2, 0.25) is 0 Å². The second-order valence-electron chi connectivity index (χ2n) is 5.83. The molecule has 3 heterocycles. The van der Waals surface area contributed by atoms with Crippen LogP contribution in [0.4, 0.5) is 5.82 Å². The molecule has 1 unspecified atom stereocenters. The van der Waals surface area contributed by atoms with Crippen molar-refractivity contribution in [1.82, 2.24) is 29.4 Å². The summed E-state index contributed by atoms with van der Waals surface area (Å²) in [6.07, 6.45) is 5.86. The lowest BCUT2D eigenvalue weighted by atomic mass is 10.2. The molecule has 2 aromatic rings. The van der Waals surface area contributed by atoms with Crippen molar-refractivity contribution in [3.8, 4) is 0 Å². The van der Waals surface area contributed by atoms with Crippen molar-refractivity contribution in [2.45, 2.75) is 32.5 Å². The van der Waals surface area contributed by atoms with E-state index in [0.717, 1.165) is 25.3 Å². The smallest absolute Gasteiger partial charge is 0.239 e. The first-order valence-electron chi connectivity index (χ1n) is 8.22. The van der Waals surface area contributed by atoms with Crippen molar-refractivity contribution >= 4 is 11.7 Å². The lowest BCUT2D eigenvalue weighted by Crippen LogP contribution is -2.47. The fourth-order valence-electron chi connectivity index (χ4n) is 2.78. The van der Waals surface area contributed by atoms with Gasteiger partial charge in [0.1, 0.15) is 18.5 Å². The first-order chi connectivity index (χ1) is 11.7. The maximum Gasteiger partial charge on any atom is 0.239 e. The zero-order valence-corrected chi connectivity index (χ0v) is 13.8. The summed E-state index contributed by atoms with van der Waals surface area (Å²) in [5.41, 5.74) is 0. The highest BCUT2D eigenvalue weighted by molar-refractivity contribution is 5.91. The number of carbonyl (C=O) groups is 1. The molecule has 1 fully saturated rings. The summed E-state index contributed by atoms with van der Waals surface area (Å²) in [7, 11) is 0. The number of aryl methyl sites for hydroxylation is 1. The Morgan fingerprint density at radius 1 is 1.46 bits per heavy atom. The Morgan fingerprint density at radius 3 is 3.17 bits per heavy atom. The summed E-state index contributed by atoms with van der Waals surface area (Å²) in [6, 6.07) is 1.82. The summed E-state index contributed by atoms with van der Waals surface area (Å²) >= 11 is 0. The second kappa shape index (κ2) is 8.02. The molecule has 0 bridgehead atoms. The first kappa shape index (κ1) is 16.6. The lowest BCUT2D eigenvalue weighted by Gasteiger charge is -2.32. The quantitative estimate of drug-likeness (QED) is 0.780. The van der Waals surface area contributed by atoms with Crippen LogP contribution >= 0.6 is 0 Å². The van der Waals surface area contributed by atoms with E-state index in [-0.39, 0.29) is 12.0 Å². The van der Waals surface area contributed by atoms with Gasteiger partial charge in [-0.25, -0.2) is 9.67 Å². The lowest BCUT2D eigenvalue weighted by molar-refractivity contribution is -0.119. The normalized spacial score (nSPS) is 18.6. The largest absolute Gasteiger partial charge is 0.374 e. The molecule has 0 spiro atoms. The summed E-state index contributed by atoms with van der Waals surface area (Å²) in [5.74, 6) is 0.712. The van der Waals surface area contributed by atoms with Gasteiger partial charge in [-0.05, 0) is 6.42 Å². The fraction of sp³-hybridized carbons (Fsp3) is 0.600. The Morgan fingerprint density at radius 2 is 2.38 bits per heavy atom. The minimum Gasteiger partial charge on any atom is -0.374 e. The van der Waals surface area contributed by atoms with Crippen LogP contribution in [0.3, 0.4) is 0 Å². The monoisotopic (exact) mass is 333 g/mol. The SMILES string of the molecule is CCCn1nccc1NC(=O)CN1CCOC(Cn2cncn2)C1. The molecule has 0 aromatic carbocycles. The third kappa shape index (κ3) is 4.39. The number of morpholine rings is 1. The fourth-order valence-corrected chi connectivity index (χ4v) is 2.78. The van der Waals surface area contributed by atoms with Gasteiger partial charge in [-0.2, -0.15) is 10.2 Å². The second-order valence-corrected chi connectivity index (χ2v) is 5.83. The van der Waals surface area contributed by atoms with Gasteiger partial charge in [0.2, 0.25) is 5.91 Å². The molecule has 1 amide bonds. The first-order valence-corrected chi connectivity index (χ1v) is 8.22. The Hall–Kier alpha value is -2.26. The van der Waals surface area contributed by atoms with Crippen LogP contribution in [0.15, 0.2) is 24.9 Å². The van der Waals surface area contributed by atoms with E-state index in [2.05, 4.69) is 32.3 Å². The van der Waals surface area contributed by atoms with Crippen molar-refractivity contribution < 1.29 is 9.53 Å². The zero-order valence-electron chi connectivity index (χ0n) is 13.8. The number of nitrogens with zero attached hydrogens (tertiary/aromatic N) is 6. The van der Waals surface area contributed by atoms with Crippen molar-refractivity contribution in [2.75, 3.05) is 31.6 Å². The average molecular weight is 333 g/mol. The molecule has 1 aliphatic rings. The molecule has 0 aliphatic carbocycles. The molecule has 0 radical (unpaired) electrons. The molecular formula is C15H23N7O2. The molecule has 0 saturated carbocycles. The Balaban J connectivity index is 1.49. The maximum absolute atomic E-state index is 12.3. The highest BCUT2D eigenvalue weighted by atomic mass is 16.5. The minimum absolute atomic E-state index is 0.0128. The Labute approximate surface area is 140 Å². The van der Waals surface area contributed by atoms with Crippen LogP contribution < -0.4 is 5.32 Å². The number of hydrogen-bond donors (Lipinski definition) is 1. The van der Waals surface area contributed by atoms with Crippen LogP contribution in [0, 0.1) is 0 Å². The van der Waals surface area contributed by atoms with Crippen molar-refractivity contribution in [3.63, 3.8) is 0 Å². The van der Waals surface area contributed by atoms with Gasteiger partial charge < -0.3 is 10.1 Å². The van der Waals surface area contributed by atoms with E-state index >= 15 is 0 Å². The highest BCUT2D eigenvalue weighted by Gasteiger charge is 2.23. The van der Waals surface area contributed by atoms with Crippen LogP contribution in [0.5, 0.6) is 0 Å². The number of amides is 1. The third-order valence-corrected chi connectivity index (χ3v) is 3.87. The van der Waals surface area contributed by atoms with E-state index in [9.17, 15) is 4.79 Å². The topological polar surface area (TPSA) is 90.1 Å². The highest BCUT2D eigenvalue weighted by Crippen LogP contribution is 2.09. The van der Waals surface area contributed by atoms with Gasteiger partial charge in [0.05, 0.1) is 32.0 Å². The van der Waals surface area contributed by atoms with Crippen LogP contribution in [-0.4, -0.2) is 67.7 Å². The number of ether oxygens (including phenoxy) is 1. The summed E-state index contributed by atoms with van der Waals surface area (Å²) < 4.78 is 9.30. The molecule has 3 rings (SSSR count). The van der Waals surface area contributed by atoms with Gasteiger partial charge in [0.15, 0.2) is 0 Å². The summed E-state index contributed by atoms with van der Waals surface area (Å²) in [4.78, 5) is 18.3. The molecule has 2 aromatic heterocycles. The Bertz CT molecular complexity index is 640. The number of hydrogen-bond acceptors (Lipinski definition) is 6. The van der Waals surface area contributed by atoms with Gasteiger partial charge >= 0.3 is 0 Å². The van der Waals surface area contributed by atoms with E-state index < -0.39 is 0 Å². The predicted octanol–water partition coefficient (Wildman–Crippen LogP) is 0.224. The van der Waals surface area contributed by atoms with Crippen molar-refractivity contribution in [1.29, 1.82) is 0 Å². The molecule has 1 N–H and O–H groups in total. The zero-order chi connectivity index (χ0) is 16.8. The summed E-state index contributed by atoms with van der Waals surface area (Å²) in [6.45, 7) is 5.91. The predicted molar refractivity (Wildman–Crippen MR) is 87.3 cm³/mol. The molecule has 9 heteroatoms. The molecule has 130 valence electrons. The standard InChI is InChI=1S/C15H23N7O2/c1-2-5-22-14(3-4-17-22)19-15(23)10-20-6-7-24-13(8-20)9-21-12-16-11-18-21/h3-4,11-13H,2,5-10H2,1H3,(H,19,23). The molecule has 1 aliphatic heterocycles. The molecule has 1 saturated heterocycles. The van der Waals surface area contributed by atoms with Crippen LogP contribution in [0.25, 0.3) is 0 Å². The van der Waals surface area contributed by atoms with Gasteiger partial charge in [-0.1, -0.05) is 6.92 Å². The molecular weight excluding hydrogens is 310 g/mol.